The van der Waals surface area contributed by atoms with Crippen molar-refractivity contribution < 1.29 is 4.79 Å². The molecule has 0 aromatic rings. The Balaban J connectivity index is 1.71. The number of carbonyl (C=O) groups is 1. The Morgan fingerprint density at radius 3 is 2.50 bits per heavy atom. The van der Waals surface area contributed by atoms with Crippen LogP contribution in [-0.2, 0) is 4.79 Å². The van der Waals surface area contributed by atoms with E-state index in [2.05, 4.69) is 18.7 Å². The van der Waals surface area contributed by atoms with Crippen molar-refractivity contribution >= 4 is 5.91 Å². The molecule has 2 N–H and O–H groups in total. The minimum Gasteiger partial charge on any atom is -0.342 e. The van der Waals surface area contributed by atoms with E-state index < -0.39 is 0 Å². The first-order valence-electron chi connectivity index (χ1n) is 7.59. The maximum absolute atomic E-state index is 12.2. The molecule has 4 atom stereocenters. The van der Waals surface area contributed by atoms with Crippen LogP contribution in [0.5, 0.6) is 0 Å². The van der Waals surface area contributed by atoms with E-state index in [4.69, 9.17) is 5.73 Å². The lowest BCUT2D eigenvalue weighted by atomic mass is 9.83. The fourth-order valence-electron chi connectivity index (χ4n) is 3.41. The van der Waals surface area contributed by atoms with Gasteiger partial charge in [-0.25, -0.2) is 0 Å². The Labute approximate surface area is 111 Å². The molecule has 1 aliphatic carbocycles. The zero-order valence-electron chi connectivity index (χ0n) is 11.9. The molecular formula is C15H28N2O. The van der Waals surface area contributed by atoms with Crippen LogP contribution in [0.1, 0.15) is 52.4 Å². The van der Waals surface area contributed by atoms with E-state index in [-0.39, 0.29) is 0 Å². The molecule has 2 aliphatic rings. The molecule has 4 unspecified atom stereocenters. The summed E-state index contributed by atoms with van der Waals surface area (Å²) in [5.74, 6) is 2.38. The van der Waals surface area contributed by atoms with Crippen molar-refractivity contribution in [3.63, 3.8) is 0 Å². The number of carbonyl (C=O) groups excluding carboxylic acids is 1. The Morgan fingerprint density at radius 2 is 1.89 bits per heavy atom. The molecule has 1 aliphatic heterocycles. The van der Waals surface area contributed by atoms with Crippen LogP contribution in [0.15, 0.2) is 0 Å². The Morgan fingerprint density at radius 1 is 1.22 bits per heavy atom. The smallest absolute Gasteiger partial charge is 0.222 e. The van der Waals surface area contributed by atoms with Gasteiger partial charge in [0.05, 0.1) is 0 Å². The standard InChI is InChI=1S/C15H28N2O/c1-11-9-17(10-12(11)2)15(18)7-6-13-4-3-5-14(16)8-13/h11-14H,3-10,16H2,1-2H3. The van der Waals surface area contributed by atoms with Gasteiger partial charge in [0.15, 0.2) is 0 Å². The van der Waals surface area contributed by atoms with E-state index in [0.29, 0.717) is 29.7 Å². The molecule has 0 aromatic heterocycles. The average Bonchev–Trinajstić information content (AvgIpc) is 2.67. The third-order valence-electron chi connectivity index (χ3n) is 4.93. The first-order valence-corrected chi connectivity index (χ1v) is 7.59. The number of amides is 1. The van der Waals surface area contributed by atoms with Crippen LogP contribution < -0.4 is 5.73 Å². The van der Waals surface area contributed by atoms with Crippen molar-refractivity contribution in [2.45, 2.75) is 58.4 Å². The van der Waals surface area contributed by atoms with Gasteiger partial charge < -0.3 is 10.6 Å². The highest BCUT2D eigenvalue weighted by atomic mass is 16.2. The highest BCUT2D eigenvalue weighted by Crippen LogP contribution is 2.28. The van der Waals surface area contributed by atoms with Crippen LogP contribution >= 0.6 is 0 Å². The third-order valence-corrected chi connectivity index (χ3v) is 4.93. The maximum atomic E-state index is 12.2. The van der Waals surface area contributed by atoms with Crippen LogP contribution in [-0.4, -0.2) is 29.9 Å². The average molecular weight is 252 g/mol. The van der Waals surface area contributed by atoms with E-state index in [1.807, 2.05) is 0 Å². The molecular weight excluding hydrogens is 224 g/mol. The SMILES string of the molecule is CC1CN(C(=O)CCC2CCCC(N)C2)CC1C. The van der Waals surface area contributed by atoms with Crippen molar-refractivity contribution in [2.75, 3.05) is 13.1 Å². The van der Waals surface area contributed by atoms with Crippen LogP contribution in [0, 0.1) is 17.8 Å². The van der Waals surface area contributed by atoms with Crippen molar-refractivity contribution in [2.24, 2.45) is 23.5 Å². The highest BCUT2D eigenvalue weighted by molar-refractivity contribution is 5.76. The summed E-state index contributed by atoms with van der Waals surface area (Å²) in [6, 6.07) is 0.380. The predicted molar refractivity (Wildman–Crippen MR) is 74.1 cm³/mol. The summed E-state index contributed by atoms with van der Waals surface area (Å²) in [5, 5.41) is 0. The molecule has 0 radical (unpaired) electrons. The van der Waals surface area contributed by atoms with Crippen molar-refractivity contribution in [1.29, 1.82) is 0 Å². The van der Waals surface area contributed by atoms with Gasteiger partial charge in [0.2, 0.25) is 5.91 Å². The van der Waals surface area contributed by atoms with Gasteiger partial charge in [-0.1, -0.05) is 26.7 Å². The Bertz CT molecular complexity index is 282. The van der Waals surface area contributed by atoms with Crippen molar-refractivity contribution in [3.8, 4) is 0 Å². The topological polar surface area (TPSA) is 46.3 Å². The molecule has 0 bridgehead atoms. The van der Waals surface area contributed by atoms with E-state index in [1.165, 1.54) is 19.3 Å². The van der Waals surface area contributed by atoms with Crippen molar-refractivity contribution in [1.82, 2.24) is 4.90 Å². The number of nitrogens with zero attached hydrogens (tertiary/aromatic N) is 1. The summed E-state index contributed by atoms with van der Waals surface area (Å²) in [4.78, 5) is 14.2. The van der Waals surface area contributed by atoms with Gasteiger partial charge in [-0.15, -0.1) is 0 Å². The van der Waals surface area contributed by atoms with Gasteiger partial charge in [-0.05, 0) is 37.0 Å². The first-order chi connectivity index (χ1) is 8.56. The lowest BCUT2D eigenvalue weighted by Gasteiger charge is -2.27. The number of likely N-dealkylation sites (tertiary alicyclic amines) is 1. The van der Waals surface area contributed by atoms with Gasteiger partial charge in [0.1, 0.15) is 0 Å². The molecule has 104 valence electrons. The van der Waals surface area contributed by atoms with E-state index >= 15 is 0 Å². The summed E-state index contributed by atoms with van der Waals surface area (Å²) >= 11 is 0. The van der Waals surface area contributed by atoms with E-state index in [0.717, 1.165) is 32.4 Å². The first kappa shape index (κ1) is 13.9. The molecule has 2 fully saturated rings. The highest BCUT2D eigenvalue weighted by Gasteiger charge is 2.29. The molecule has 18 heavy (non-hydrogen) atoms. The largest absolute Gasteiger partial charge is 0.342 e. The van der Waals surface area contributed by atoms with Crippen LogP contribution in [0.2, 0.25) is 0 Å². The van der Waals surface area contributed by atoms with Crippen molar-refractivity contribution in [3.05, 3.63) is 0 Å². The van der Waals surface area contributed by atoms with Gasteiger partial charge in [0, 0.05) is 25.6 Å². The second-order valence-corrected chi connectivity index (χ2v) is 6.58. The summed E-state index contributed by atoms with van der Waals surface area (Å²) in [6.07, 6.45) is 6.60. The summed E-state index contributed by atoms with van der Waals surface area (Å²) in [5.41, 5.74) is 5.99. The Hall–Kier alpha value is -0.570. The fourth-order valence-corrected chi connectivity index (χ4v) is 3.41. The van der Waals surface area contributed by atoms with E-state index in [9.17, 15) is 4.79 Å². The molecule has 1 amide bonds. The maximum Gasteiger partial charge on any atom is 0.222 e. The predicted octanol–water partition coefficient (Wildman–Crippen LogP) is 2.40. The number of nitrogens with two attached hydrogens (primary N) is 1. The third kappa shape index (κ3) is 3.47. The molecule has 3 heteroatoms. The van der Waals surface area contributed by atoms with Gasteiger partial charge in [-0.2, -0.15) is 0 Å². The van der Waals surface area contributed by atoms with Crippen LogP contribution in [0.3, 0.4) is 0 Å². The monoisotopic (exact) mass is 252 g/mol. The number of hydrogen-bond acceptors (Lipinski definition) is 2. The van der Waals surface area contributed by atoms with E-state index in [1.54, 1.807) is 0 Å². The molecule has 0 spiro atoms. The molecule has 0 aromatic carbocycles. The minimum atomic E-state index is 0.366. The number of hydrogen-bond donors (Lipinski definition) is 1. The zero-order chi connectivity index (χ0) is 13.1. The van der Waals surface area contributed by atoms with Gasteiger partial charge >= 0.3 is 0 Å². The second-order valence-electron chi connectivity index (χ2n) is 6.58. The molecule has 1 heterocycles. The summed E-state index contributed by atoms with van der Waals surface area (Å²) in [6.45, 7) is 6.42. The van der Waals surface area contributed by atoms with Gasteiger partial charge in [-0.3, -0.25) is 4.79 Å². The minimum absolute atomic E-state index is 0.366. The quantitative estimate of drug-likeness (QED) is 0.838. The second kappa shape index (κ2) is 6.05. The molecule has 1 saturated carbocycles. The van der Waals surface area contributed by atoms with Crippen LogP contribution in [0.4, 0.5) is 0 Å². The van der Waals surface area contributed by atoms with Gasteiger partial charge in [0.25, 0.3) is 0 Å². The zero-order valence-corrected chi connectivity index (χ0v) is 11.9. The lowest BCUT2D eigenvalue weighted by Crippen LogP contribution is -2.31. The summed E-state index contributed by atoms with van der Waals surface area (Å²) in [7, 11) is 0. The normalized spacial score (nSPS) is 36.9. The lowest BCUT2D eigenvalue weighted by molar-refractivity contribution is -0.130. The Kier molecular flexibility index (Phi) is 4.66. The fraction of sp³-hybridized carbons (Fsp3) is 0.933. The van der Waals surface area contributed by atoms with Crippen LogP contribution in [0.25, 0.3) is 0 Å². The molecule has 2 rings (SSSR count). The number of rotatable bonds is 3. The molecule has 1 saturated heterocycles. The molecule has 3 nitrogen and oxygen atoms in total. The summed E-state index contributed by atoms with van der Waals surface area (Å²) < 4.78 is 0.